The minimum Gasteiger partial charge on any atom is -0.497 e. The zero-order valence-electron chi connectivity index (χ0n) is 11.2. The molecule has 0 unspecified atom stereocenters. The molecular weight excluding hydrogens is 228 g/mol. The summed E-state index contributed by atoms with van der Waals surface area (Å²) in [5.41, 5.74) is 0. The first-order valence-electron chi connectivity index (χ1n) is 6.51. The third kappa shape index (κ3) is 3.62. The van der Waals surface area contributed by atoms with E-state index in [1.165, 1.54) is 0 Å². The summed E-state index contributed by atoms with van der Waals surface area (Å²) in [5, 5.41) is 3.39. The molecular formula is C14H22N2O2. The van der Waals surface area contributed by atoms with E-state index in [2.05, 4.69) is 17.1 Å². The fourth-order valence-electron chi connectivity index (χ4n) is 2.17. The quantitative estimate of drug-likeness (QED) is 0.856. The average molecular weight is 250 g/mol. The first-order valence-corrected chi connectivity index (χ1v) is 6.51. The van der Waals surface area contributed by atoms with Crippen LogP contribution in [0.15, 0.2) is 24.3 Å². The van der Waals surface area contributed by atoms with E-state index in [1.54, 1.807) is 7.11 Å². The zero-order valence-corrected chi connectivity index (χ0v) is 11.2. The Labute approximate surface area is 109 Å². The zero-order chi connectivity index (χ0) is 12.8. The molecule has 1 atom stereocenters. The van der Waals surface area contributed by atoms with Gasteiger partial charge in [-0.05, 0) is 31.2 Å². The van der Waals surface area contributed by atoms with Crippen LogP contribution >= 0.6 is 0 Å². The van der Waals surface area contributed by atoms with Crippen molar-refractivity contribution in [1.82, 2.24) is 10.2 Å². The maximum Gasteiger partial charge on any atom is 0.119 e. The minimum absolute atomic E-state index is 0.596. The number of methoxy groups -OCH3 is 1. The normalized spacial score (nSPS) is 20.7. The molecule has 0 aliphatic carbocycles. The van der Waals surface area contributed by atoms with Crippen molar-refractivity contribution in [2.24, 2.45) is 0 Å². The number of hydrogen-bond donors (Lipinski definition) is 1. The van der Waals surface area contributed by atoms with Crippen LogP contribution in [0.5, 0.6) is 11.5 Å². The monoisotopic (exact) mass is 250 g/mol. The fourth-order valence-corrected chi connectivity index (χ4v) is 2.17. The van der Waals surface area contributed by atoms with Crippen LogP contribution in [0.2, 0.25) is 0 Å². The Bertz CT molecular complexity index is 353. The first kappa shape index (κ1) is 13.2. The van der Waals surface area contributed by atoms with Crippen molar-refractivity contribution in [2.45, 2.75) is 13.0 Å². The van der Waals surface area contributed by atoms with Gasteiger partial charge < -0.3 is 14.8 Å². The maximum absolute atomic E-state index is 5.74. The van der Waals surface area contributed by atoms with Gasteiger partial charge in [-0.15, -0.1) is 0 Å². The Morgan fingerprint density at radius 2 is 2.00 bits per heavy atom. The SMILES string of the molecule is COc1ccc(OCCN2CCNC[C@@H]2C)cc1. The predicted molar refractivity (Wildman–Crippen MR) is 72.4 cm³/mol. The van der Waals surface area contributed by atoms with Crippen LogP contribution < -0.4 is 14.8 Å². The molecule has 100 valence electrons. The van der Waals surface area contributed by atoms with Gasteiger partial charge in [0, 0.05) is 32.2 Å². The van der Waals surface area contributed by atoms with E-state index in [1.807, 2.05) is 24.3 Å². The molecule has 1 aromatic rings. The second-order valence-electron chi connectivity index (χ2n) is 4.61. The molecule has 18 heavy (non-hydrogen) atoms. The highest BCUT2D eigenvalue weighted by atomic mass is 16.5. The number of nitrogens with one attached hydrogen (secondary N) is 1. The van der Waals surface area contributed by atoms with Crippen molar-refractivity contribution in [3.63, 3.8) is 0 Å². The van der Waals surface area contributed by atoms with Crippen molar-refractivity contribution in [2.75, 3.05) is 39.9 Å². The molecule has 2 rings (SSSR count). The predicted octanol–water partition coefficient (Wildman–Crippen LogP) is 1.37. The van der Waals surface area contributed by atoms with Crippen LogP contribution in [0.25, 0.3) is 0 Å². The number of rotatable bonds is 5. The van der Waals surface area contributed by atoms with Crippen molar-refractivity contribution < 1.29 is 9.47 Å². The highest BCUT2D eigenvalue weighted by molar-refractivity contribution is 5.31. The molecule has 1 aromatic carbocycles. The maximum atomic E-state index is 5.74. The van der Waals surface area contributed by atoms with Crippen LogP contribution in [-0.2, 0) is 0 Å². The fraction of sp³-hybridized carbons (Fsp3) is 0.571. The standard InChI is InChI=1S/C14H22N2O2/c1-12-11-15-7-8-16(12)9-10-18-14-5-3-13(17-2)4-6-14/h3-6,12,15H,7-11H2,1-2H3/t12-/m0/s1. The van der Waals surface area contributed by atoms with Gasteiger partial charge in [0.2, 0.25) is 0 Å². The molecule has 4 nitrogen and oxygen atoms in total. The van der Waals surface area contributed by atoms with Crippen molar-refractivity contribution >= 4 is 0 Å². The van der Waals surface area contributed by atoms with E-state index >= 15 is 0 Å². The number of hydrogen-bond acceptors (Lipinski definition) is 4. The Morgan fingerprint density at radius 3 is 2.67 bits per heavy atom. The van der Waals surface area contributed by atoms with Gasteiger partial charge >= 0.3 is 0 Å². The molecule has 1 N–H and O–H groups in total. The van der Waals surface area contributed by atoms with Gasteiger partial charge in [0.1, 0.15) is 18.1 Å². The molecule has 4 heteroatoms. The van der Waals surface area contributed by atoms with Gasteiger partial charge in [-0.25, -0.2) is 0 Å². The summed E-state index contributed by atoms with van der Waals surface area (Å²) in [5.74, 6) is 1.76. The summed E-state index contributed by atoms with van der Waals surface area (Å²) in [6.45, 7) is 7.22. The summed E-state index contributed by atoms with van der Waals surface area (Å²) in [6, 6.07) is 8.32. The molecule has 1 aliphatic heterocycles. The molecule has 0 radical (unpaired) electrons. The smallest absolute Gasteiger partial charge is 0.119 e. The van der Waals surface area contributed by atoms with Gasteiger partial charge in [0.05, 0.1) is 7.11 Å². The highest BCUT2D eigenvalue weighted by Crippen LogP contribution is 2.17. The van der Waals surface area contributed by atoms with E-state index < -0.39 is 0 Å². The molecule has 1 fully saturated rings. The van der Waals surface area contributed by atoms with Crippen molar-refractivity contribution in [1.29, 1.82) is 0 Å². The summed E-state index contributed by atoms with van der Waals surface area (Å²) in [6.07, 6.45) is 0. The molecule has 0 amide bonds. The largest absolute Gasteiger partial charge is 0.497 e. The van der Waals surface area contributed by atoms with Gasteiger partial charge in [0.25, 0.3) is 0 Å². The summed E-state index contributed by atoms with van der Waals surface area (Å²) in [4.78, 5) is 2.46. The Kier molecular flexibility index (Phi) is 4.84. The molecule has 0 saturated carbocycles. The summed E-state index contributed by atoms with van der Waals surface area (Å²) >= 11 is 0. The third-order valence-corrected chi connectivity index (χ3v) is 3.35. The van der Waals surface area contributed by atoms with Crippen LogP contribution in [0.4, 0.5) is 0 Å². The number of nitrogens with zero attached hydrogens (tertiary/aromatic N) is 1. The van der Waals surface area contributed by atoms with E-state index in [4.69, 9.17) is 9.47 Å². The second kappa shape index (κ2) is 6.61. The summed E-state index contributed by atoms with van der Waals surface area (Å²) < 4.78 is 10.9. The number of piperazine rings is 1. The van der Waals surface area contributed by atoms with Crippen LogP contribution in [0.3, 0.4) is 0 Å². The Hall–Kier alpha value is -1.26. The molecule has 1 heterocycles. The molecule has 1 saturated heterocycles. The Balaban J connectivity index is 1.73. The van der Waals surface area contributed by atoms with Gasteiger partial charge in [0.15, 0.2) is 0 Å². The lowest BCUT2D eigenvalue weighted by atomic mass is 10.2. The number of ether oxygens (including phenoxy) is 2. The highest BCUT2D eigenvalue weighted by Gasteiger charge is 2.16. The lowest BCUT2D eigenvalue weighted by Gasteiger charge is -2.33. The van der Waals surface area contributed by atoms with E-state index in [0.29, 0.717) is 6.04 Å². The molecule has 0 spiro atoms. The van der Waals surface area contributed by atoms with Crippen LogP contribution in [0, 0.1) is 0 Å². The molecule has 0 bridgehead atoms. The van der Waals surface area contributed by atoms with Crippen molar-refractivity contribution in [3.8, 4) is 11.5 Å². The lowest BCUT2D eigenvalue weighted by Crippen LogP contribution is -2.50. The van der Waals surface area contributed by atoms with E-state index in [9.17, 15) is 0 Å². The van der Waals surface area contributed by atoms with Gasteiger partial charge in [-0.2, -0.15) is 0 Å². The second-order valence-corrected chi connectivity index (χ2v) is 4.61. The first-order chi connectivity index (χ1) is 8.79. The Morgan fingerprint density at radius 1 is 1.28 bits per heavy atom. The molecule has 1 aliphatic rings. The van der Waals surface area contributed by atoms with E-state index in [0.717, 1.165) is 44.3 Å². The van der Waals surface area contributed by atoms with Crippen LogP contribution in [0.1, 0.15) is 6.92 Å². The average Bonchev–Trinajstić information content (AvgIpc) is 2.42. The van der Waals surface area contributed by atoms with Crippen molar-refractivity contribution in [3.05, 3.63) is 24.3 Å². The third-order valence-electron chi connectivity index (χ3n) is 3.35. The van der Waals surface area contributed by atoms with Gasteiger partial charge in [-0.1, -0.05) is 0 Å². The van der Waals surface area contributed by atoms with Crippen LogP contribution in [-0.4, -0.2) is 50.8 Å². The topological polar surface area (TPSA) is 33.7 Å². The van der Waals surface area contributed by atoms with E-state index in [-0.39, 0.29) is 0 Å². The number of benzene rings is 1. The minimum atomic E-state index is 0.596. The lowest BCUT2D eigenvalue weighted by molar-refractivity contribution is 0.143. The summed E-state index contributed by atoms with van der Waals surface area (Å²) in [7, 11) is 1.67. The van der Waals surface area contributed by atoms with Gasteiger partial charge in [-0.3, -0.25) is 4.90 Å². The molecule has 0 aromatic heterocycles.